The van der Waals surface area contributed by atoms with Gasteiger partial charge in [0.15, 0.2) is 5.69 Å². The van der Waals surface area contributed by atoms with Gasteiger partial charge in [-0.1, -0.05) is 43.5 Å². The van der Waals surface area contributed by atoms with Crippen LogP contribution < -0.4 is 16.3 Å². The summed E-state index contributed by atoms with van der Waals surface area (Å²) >= 11 is 0. The highest BCUT2D eigenvalue weighted by atomic mass is 19.1. The normalized spacial score (nSPS) is 14.7. The number of nitrogens with one attached hydrogen (secondary N) is 2. The Hall–Kier alpha value is -3.15. The molecule has 0 aliphatic heterocycles. The van der Waals surface area contributed by atoms with Crippen molar-refractivity contribution in [3.8, 4) is 0 Å². The molecule has 2 N–H and O–H groups in total. The number of rotatable bonds is 5. The maximum absolute atomic E-state index is 14.0. The lowest BCUT2D eigenvalue weighted by atomic mass is 9.89. The zero-order chi connectivity index (χ0) is 20.2. The molecule has 0 atom stereocenters. The molecule has 2 aromatic carbocycles. The average molecular weight is 394 g/mol. The van der Waals surface area contributed by atoms with Crippen molar-refractivity contribution in [3.63, 3.8) is 0 Å². The van der Waals surface area contributed by atoms with Crippen molar-refractivity contribution >= 4 is 28.3 Å². The van der Waals surface area contributed by atoms with E-state index in [-0.39, 0.29) is 11.3 Å². The lowest BCUT2D eigenvalue weighted by Crippen LogP contribution is -2.23. The smallest absolute Gasteiger partial charge is 0.362 e. The van der Waals surface area contributed by atoms with Gasteiger partial charge in [-0.3, -0.25) is 4.79 Å². The van der Waals surface area contributed by atoms with E-state index >= 15 is 0 Å². The summed E-state index contributed by atoms with van der Waals surface area (Å²) in [7, 11) is 0. The molecule has 1 saturated carbocycles. The Morgan fingerprint density at radius 2 is 1.72 bits per heavy atom. The number of anilines is 2. The van der Waals surface area contributed by atoms with Gasteiger partial charge in [0.2, 0.25) is 0 Å². The molecule has 3 aromatic rings. The minimum absolute atomic E-state index is 0.00719. The standard InChI is InChI=1S/C23H23FN2O3/c24-18-12-6-4-10-16(18)22(27)26-21-20(25-14-15-8-2-1-3-9-15)17-11-5-7-13-19(17)29-23(21)28/h4-7,10-13,15,25H,1-3,8-9,14H2,(H,26,27). The summed E-state index contributed by atoms with van der Waals surface area (Å²) in [6.07, 6.45) is 5.96. The summed E-state index contributed by atoms with van der Waals surface area (Å²) in [5.41, 5.74) is 0.172. The van der Waals surface area contributed by atoms with Crippen LogP contribution in [0.2, 0.25) is 0 Å². The van der Waals surface area contributed by atoms with Gasteiger partial charge in [-0.2, -0.15) is 0 Å². The highest BCUT2D eigenvalue weighted by Crippen LogP contribution is 2.31. The van der Waals surface area contributed by atoms with E-state index < -0.39 is 17.3 Å². The van der Waals surface area contributed by atoms with Gasteiger partial charge in [-0.15, -0.1) is 0 Å². The highest BCUT2D eigenvalue weighted by molar-refractivity contribution is 6.08. The van der Waals surface area contributed by atoms with Crippen molar-refractivity contribution in [3.05, 3.63) is 70.3 Å². The van der Waals surface area contributed by atoms with E-state index in [4.69, 9.17) is 4.42 Å². The van der Waals surface area contributed by atoms with Crippen molar-refractivity contribution in [2.24, 2.45) is 5.92 Å². The predicted octanol–water partition coefficient (Wildman–Crippen LogP) is 5.18. The van der Waals surface area contributed by atoms with E-state index in [1.807, 2.05) is 12.1 Å². The summed E-state index contributed by atoms with van der Waals surface area (Å²) < 4.78 is 19.4. The van der Waals surface area contributed by atoms with Crippen molar-refractivity contribution in [2.75, 3.05) is 17.2 Å². The number of halogens is 1. The van der Waals surface area contributed by atoms with E-state index in [0.717, 1.165) is 12.8 Å². The zero-order valence-electron chi connectivity index (χ0n) is 16.0. The SMILES string of the molecule is O=C(Nc1c(NCC2CCCCC2)c2ccccc2oc1=O)c1ccccc1F. The van der Waals surface area contributed by atoms with Crippen LogP contribution in [0, 0.1) is 11.7 Å². The Bertz CT molecular complexity index is 1090. The molecule has 1 heterocycles. The second-order valence-electron chi connectivity index (χ2n) is 7.45. The van der Waals surface area contributed by atoms with E-state index in [2.05, 4.69) is 10.6 Å². The Morgan fingerprint density at radius 3 is 2.52 bits per heavy atom. The first-order valence-electron chi connectivity index (χ1n) is 9.99. The molecule has 5 nitrogen and oxygen atoms in total. The summed E-state index contributed by atoms with van der Waals surface area (Å²) in [5, 5.41) is 6.64. The van der Waals surface area contributed by atoms with Crippen LogP contribution in [0.1, 0.15) is 42.5 Å². The predicted molar refractivity (Wildman–Crippen MR) is 112 cm³/mol. The summed E-state index contributed by atoms with van der Waals surface area (Å²) in [4.78, 5) is 25.3. The first kappa shape index (κ1) is 19.2. The average Bonchev–Trinajstić information content (AvgIpc) is 2.74. The Balaban J connectivity index is 1.70. The van der Waals surface area contributed by atoms with Crippen LogP contribution in [0.3, 0.4) is 0 Å². The molecule has 4 rings (SSSR count). The van der Waals surface area contributed by atoms with Crippen molar-refractivity contribution in [2.45, 2.75) is 32.1 Å². The van der Waals surface area contributed by atoms with E-state index in [1.165, 1.54) is 37.5 Å². The monoisotopic (exact) mass is 394 g/mol. The second-order valence-corrected chi connectivity index (χ2v) is 7.45. The number of amides is 1. The minimum atomic E-state index is -0.689. The minimum Gasteiger partial charge on any atom is -0.421 e. The Kier molecular flexibility index (Phi) is 5.60. The number of hydrogen-bond acceptors (Lipinski definition) is 4. The molecule has 0 saturated heterocycles. The Morgan fingerprint density at radius 1 is 1.00 bits per heavy atom. The molecule has 1 aliphatic rings. The van der Waals surface area contributed by atoms with E-state index in [9.17, 15) is 14.0 Å². The maximum atomic E-state index is 14.0. The first-order valence-corrected chi connectivity index (χ1v) is 9.99. The molecule has 1 aliphatic carbocycles. The number of hydrogen-bond donors (Lipinski definition) is 2. The van der Waals surface area contributed by atoms with Gasteiger partial charge in [0.1, 0.15) is 11.4 Å². The molecule has 1 aromatic heterocycles. The quantitative estimate of drug-likeness (QED) is 0.585. The maximum Gasteiger partial charge on any atom is 0.362 e. The number of para-hydroxylation sites is 1. The third-order valence-electron chi connectivity index (χ3n) is 5.46. The Labute approximate surface area is 167 Å². The fraction of sp³-hybridized carbons (Fsp3) is 0.304. The summed E-state index contributed by atoms with van der Waals surface area (Å²) in [5.74, 6) is -0.817. The van der Waals surface area contributed by atoms with Gasteiger partial charge in [0.05, 0.1) is 11.3 Å². The topological polar surface area (TPSA) is 71.3 Å². The van der Waals surface area contributed by atoms with Crippen molar-refractivity contribution in [1.29, 1.82) is 0 Å². The molecule has 6 heteroatoms. The third kappa shape index (κ3) is 4.16. The fourth-order valence-corrected chi connectivity index (χ4v) is 3.91. The highest BCUT2D eigenvalue weighted by Gasteiger charge is 2.21. The molecule has 0 unspecified atom stereocenters. The van der Waals surface area contributed by atoms with Crippen LogP contribution in [0.25, 0.3) is 11.0 Å². The van der Waals surface area contributed by atoms with Crippen LogP contribution in [0.15, 0.2) is 57.7 Å². The molecular weight excluding hydrogens is 371 g/mol. The molecule has 29 heavy (non-hydrogen) atoms. The largest absolute Gasteiger partial charge is 0.421 e. The van der Waals surface area contributed by atoms with Crippen LogP contribution in [-0.2, 0) is 0 Å². The van der Waals surface area contributed by atoms with E-state index in [0.29, 0.717) is 29.1 Å². The number of fused-ring (bicyclic) bond motifs is 1. The number of benzene rings is 2. The van der Waals surface area contributed by atoms with Crippen LogP contribution in [-0.4, -0.2) is 12.5 Å². The van der Waals surface area contributed by atoms with Crippen LogP contribution in [0.5, 0.6) is 0 Å². The number of carbonyl (C=O) groups excluding carboxylic acids is 1. The molecule has 150 valence electrons. The molecule has 0 bridgehead atoms. The zero-order valence-corrected chi connectivity index (χ0v) is 16.0. The van der Waals surface area contributed by atoms with Crippen molar-refractivity contribution < 1.29 is 13.6 Å². The summed E-state index contributed by atoms with van der Waals surface area (Å²) in [6, 6.07) is 12.8. The lowest BCUT2D eigenvalue weighted by molar-refractivity contribution is 0.102. The second kappa shape index (κ2) is 8.47. The number of carbonyl (C=O) groups is 1. The summed E-state index contributed by atoms with van der Waals surface area (Å²) in [6.45, 7) is 0.704. The molecule has 1 amide bonds. The first-order chi connectivity index (χ1) is 14.1. The lowest BCUT2D eigenvalue weighted by Gasteiger charge is -2.23. The molecule has 1 fully saturated rings. The van der Waals surface area contributed by atoms with Gasteiger partial charge in [-0.25, -0.2) is 9.18 Å². The molecular formula is C23H23FN2O3. The van der Waals surface area contributed by atoms with E-state index in [1.54, 1.807) is 18.2 Å². The molecule has 0 radical (unpaired) electrons. The van der Waals surface area contributed by atoms with Crippen LogP contribution >= 0.6 is 0 Å². The van der Waals surface area contributed by atoms with Gasteiger partial charge in [0.25, 0.3) is 5.91 Å². The molecule has 0 spiro atoms. The van der Waals surface area contributed by atoms with Crippen molar-refractivity contribution in [1.82, 2.24) is 0 Å². The van der Waals surface area contributed by atoms with Gasteiger partial charge in [-0.05, 0) is 43.0 Å². The fourth-order valence-electron chi connectivity index (χ4n) is 3.91. The van der Waals surface area contributed by atoms with Gasteiger partial charge >= 0.3 is 5.63 Å². The van der Waals surface area contributed by atoms with Gasteiger partial charge < -0.3 is 15.1 Å². The third-order valence-corrected chi connectivity index (χ3v) is 5.46. The van der Waals surface area contributed by atoms with Crippen LogP contribution in [0.4, 0.5) is 15.8 Å². The van der Waals surface area contributed by atoms with Gasteiger partial charge in [0, 0.05) is 11.9 Å².